The van der Waals surface area contributed by atoms with Crippen LogP contribution in [0, 0.1) is 0 Å². The predicted molar refractivity (Wildman–Crippen MR) is 53.5 cm³/mol. The number of carboxylic acids is 1. The summed E-state index contributed by atoms with van der Waals surface area (Å²) in [6.45, 7) is 6.71. The van der Waals surface area contributed by atoms with Crippen LogP contribution in [0.25, 0.3) is 0 Å². The standard InChI is InChI=1S/C10H19NO2/c1-4-7-8(10(12)13)9(5-2)11-6-3/h11H,4-7H2,1-3H3,(H,12,13). The van der Waals surface area contributed by atoms with Gasteiger partial charge in [-0.05, 0) is 19.8 Å². The van der Waals surface area contributed by atoms with Crippen LogP contribution in [0.2, 0.25) is 0 Å². The smallest absolute Gasteiger partial charge is 0.333 e. The molecule has 0 aliphatic rings. The summed E-state index contributed by atoms with van der Waals surface area (Å²) in [6, 6.07) is 0. The van der Waals surface area contributed by atoms with Crippen molar-refractivity contribution in [1.82, 2.24) is 5.32 Å². The van der Waals surface area contributed by atoms with Crippen molar-refractivity contribution in [2.24, 2.45) is 0 Å². The summed E-state index contributed by atoms with van der Waals surface area (Å²) >= 11 is 0. The number of allylic oxidation sites excluding steroid dienone is 1. The Kier molecular flexibility index (Phi) is 6.02. The third-order valence-electron chi connectivity index (χ3n) is 1.87. The topological polar surface area (TPSA) is 49.3 Å². The van der Waals surface area contributed by atoms with Gasteiger partial charge in [0.1, 0.15) is 0 Å². The zero-order valence-corrected chi connectivity index (χ0v) is 8.68. The molecule has 3 nitrogen and oxygen atoms in total. The van der Waals surface area contributed by atoms with Crippen molar-refractivity contribution in [2.45, 2.75) is 40.0 Å². The maximum absolute atomic E-state index is 10.9. The van der Waals surface area contributed by atoms with E-state index in [0.29, 0.717) is 12.0 Å². The quantitative estimate of drug-likeness (QED) is 0.623. The Labute approximate surface area is 79.8 Å². The highest BCUT2D eigenvalue weighted by atomic mass is 16.4. The summed E-state index contributed by atoms with van der Waals surface area (Å²) in [5.74, 6) is -0.792. The van der Waals surface area contributed by atoms with E-state index in [9.17, 15) is 4.79 Å². The molecule has 0 aromatic heterocycles. The summed E-state index contributed by atoms with van der Waals surface area (Å²) in [5.41, 5.74) is 1.41. The van der Waals surface area contributed by atoms with Gasteiger partial charge < -0.3 is 10.4 Å². The molecule has 0 aromatic carbocycles. The Hall–Kier alpha value is -0.990. The van der Waals surface area contributed by atoms with Gasteiger partial charge in [0.2, 0.25) is 0 Å². The van der Waals surface area contributed by atoms with Gasteiger partial charge in [0.25, 0.3) is 0 Å². The van der Waals surface area contributed by atoms with Gasteiger partial charge in [-0.25, -0.2) is 4.79 Å². The Morgan fingerprint density at radius 3 is 2.23 bits per heavy atom. The molecule has 0 aliphatic heterocycles. The average Bonchev–Trinajstić information content (AvgIpc) is 2.10. The molecule has 0 fully saturated rings. The van der Waals surface area contributed by atoms with Gasteiger partial charge in [-0.1, -0.05) is 20.3 Å². The first kappa shape index (κ1) is 12.0. The maximum Gasteiger partial charge on any atom is 0.333 e. The number of hydrogen-bond acceptors (Lipinski definition) is 2. The van der Waals surface area contributed by atoms with E-state index in [4.69, 9.17) is 5.11 Å². The normalized spacial score (nSPS) is 12.2. The zero-order chi connectivity index (χ0) is 10.3. The second-order valence-corrected chi connectivity index (χ2v) is 2.90. The molecular weight excluding hydrogens is 166 g/mol. The number of carboxylic acid groups (broad SMARTS) is 1. The summed E-state index contributed by atoms with van der Waals surface area (Å²) in [7, 11) is 0. The Bertz CT molecular complexity index is 197. The number of carbonyl (C=O) groups is 1. The molecule has 0 bridgehead atoms. The third-order valence-corrected chi connectivity index (χ3v) is 1.87. The van der Waals surface area contributed by atoms with Crippen molar-refractivity contribution in [3.05, 3.63) is 11.3 Å². The highest BCUT2D eigenvalue weighted by molar-refractivity contribution is 5.87. The van der Waals surface area contributed by atoms with Crippen LogP contribution >= 0.6 is 0 Å². The molecular formula is C10H19NO2. The van der Waals surface area contributed by atoms with E-state index in [1.54, 1.807) is 0 Å². The maximum atomic E-state index is 10.9. The van der Waals surface area contributed by atoms with Gasteiger partial charge in [0, 0.05) is 12.2 Å². The third kappa shape index (κ3) is 3.97. The number of aliphatic carboxylic acids is 1. The zero-order valence-electron chi connectivity index (χ0n) is 8.68. The molecule has 0 saturated heterocycles. The van der Waals surface area contributed by atoms with E-state index in [2.05, 4.69) is 5.32 Å². The minimum Gasteiger partial charge on any atom is -0.478 e. The lowest BCUT2D eigenvalue weighted by atomic mass is 10.1. The van der Waals surface area contributed by atoms with Gasteiger partial charge in [-0.15, -0.1) is 0 Å². The molecule has 0 spiro atoms. The largest absolute Gasteiger partial charge is 0.478 e. The summed E-state index contributed by atoms with van der Waals surface area (Å²) < 4.78 is 0. The monoisotopic (exact) mass is 185 g/mol. The molecule has 0 radical (unpaired) electrons. The number of nitrogens with one attached hydrogen (secondary N) is 1. The molecule has 0 amide bonds. The molecule has 0 rings (SSSR count). The molecule has 0 aliphatic carbocycles. The molecule has 0 heterocycles. The van der Waals surface area contributed by atoms with Crippen molar-refractivity contribution in [3.63, 3.8) is 0 Å². The Balaban J connectivity index is 4.66. The summed E-state index contributed by atoms with van der Waals surface area (Å²) in [6.07, 6.45) is 2.28. The van der Waals surface area contributed by atoms with Gasteiger partial charge in [-0.2, -0.15) is 0 Å². The predicted octanol–water partition coefficient (Wildman–Crippen LogP) is 2.14. The number of hydrogen-bond donors (Lipinski definition) is 2. The molecule has 0 unspecified atom stereocenters. The van der Waals surface area contributed by atoms with Gasteiger partial charge >= 0.3 is 5.97 Å². The molecule has 0 aromatic rings. The molecule has 0 saturated carbocycles. The second kappa shape index (κ2) is 6.52. The first-order valence-corrected chi connectivity index (χ1v) is 4.86. The minimum absolute atomic E-state index is 0.534. The highest BCUT2D eigenvalue weighted by Crippen LogP contribution is 2.12. The lowest BCUT2D eigenvalue weighted by Gasteiger charge is -2.11. The minimum atomic E-state index is -0.792. The van der Waals surface area contributed by atoms with Gasteiger partial charge in [-0.3, -0.25) is 0 Å². The highest BCUT2D eigenvalue weighted by Gasteiger charge is 2.11. The lowest BCUT2D eigenvalue weighted by molar-refractivity contribution is -0.132. The van der Waals surface area contributed by atoms with E-state index in [1.165, 1.54) is 0 Å². The Morgan fingerprint density at radius 2 is 1.92 bits per heavy atom. The van der Waals surface area contributed by atoms with Gasteiger partial charge in [0.15, 0.2) is 0 Å². The first-order chi connectivity index (χ1) is 6.17. The van der Waals surface area contributed by atoms with E-state index >= 15 is 0 Å². The SMILES string of the molecule is CCCC(C(=O)O)=C(CC)NCC. The van der Waals surface area contributed by atoms with E-state index < -0.39 is 5.97 Å². The van der Waals surface area contributed by atoms with Crippen molar-refractivity contribution in [3.8, 4) is 0 Å². The van der Waals surface area contributed by atoms with Crippen LogP contribution in [-0.2, 0) is 4.79 Å². The lowest BCUT2D eigenvalue weighted by Crippen LogP contribution is -2.17. The first-order valence-electron chi connectivity index (χ1n) is 4.86. The average molecular weight is 185 g/mol. The Morgan fingerprint density at radius 1 is 1.31 bits per heavy atom. The molecule has 0 atom stereocenters. The van der Waals surface area contributed by atoms with E-state index in [-0.39, 0.29) is 0 Å². The summed E-state index contributed by atoms with van der Waals surface area (Å²) in [4.78, 5) is 10.9. The van der Waals surface area contributed by atoms with Crippen LogP contribution in [0.4, 0.5) is 0 Å². The van der Waals surface area contributed by atoms with Crippen LogP contribution < -0.4 is 5.32 Å². The molecule has 3 heteroatoms. The fourth-order valence-electron chi connectivity index (χ4n) is 1.30. The molecule has 2 N–H and O–H groups in total. The van der Waals surface area contributed by atoms with Crippen LogP contribution in [0.5, 0.6) is 0 Å². The van der Waals surface area contributed by atoms with Crippen LogP contribution in [0.15, 0.2) is 11.3 Å². The van der Waals surface area contributed by atoms with Crippen LogP contribution in [0.1, 0.15) is 40.0 Å². The summed E-state index contributed by atoms with van der Waals surface area (Å²) in [5, 5.41) is 12.0. The second-order valence-electron chi connectivity index (χ2n) is 2.90. The van der Waals surface area contributed by atoms with Crippen molar-refractivity contribution in [2.75, 3.05) is 6.54 Å². The number of rotatable bonds is 6. The van der Waals surface area contributed by atoms with Crippen molar-refractivity contribution < 1.29 is 9.90 Å². The van der Waals surface area contributed by atoms with Crippen LogP contribution in [-0.4, -0.2) is 17.6 Å². The fraction of sp³-hybridized carbons (Fsp3) is 0.700. The fourth-order valence-corrected chi connectivity index (χ4v) is 1.30. The molecule has 13 heavy (non-hydrogen) atoms. The van der Waals surface area contributed by atoms with Crippen LogP contribution in [0.3, 0.4) is 0 Å². The van der Waals surface area contributed by atoms with Gasteiger partial charge in [0.05, 0.1) is 5.57 Å². The van der Waals surface area contributed by atoms with E-state index in [1.807, 2.05) is 20.8 Å². The van der Waals surface area contributed by atoms with E-state index in [0.717, 1.165) is 25.1 Å². The van der Waals surface area contributed by atoms with Crippen molar-refractivity contribution >= 4 is 5.97 Å². The van der Waals surface area contributed by atoms with Crippen molar-refractivity contribution in [1.29, 1.82) is 0 Å². The molecule has 76 valence electrons.